The highest BCUT2D eigenvalue weighted by atomic mass is 16.6. The number of carbonyl (C=O) groups excluding carboxylic acids is 2. The van der Waals surface area contributed by atoms with Crippen LogP contribution in [0.4, 0.5) is 4.79 Å². The van der Waals surface area contributed by atoms with Gasteiger partial charge in [-0.25, -0.2) is 4.79 Å². The van der Waals surface area contributed by atoms with E-state index < -0.39 is 23.5 Å². The van der Waals surface area contributed by atoms with Gasteiger partial charge in [0.25, 0.3) is 0 Å². The number of carbonyl (C=O) groups is 2. The monoisotopic (exact) mass is 271 g/mol. The number of rotatable bonds is 2. The van der Waals surface area contributed by atoms with Crippen LogP contribution in [0.5, 0.6) is 0 Å². The summed E-state index contributed by atoms with van der Waals surface area (Å²) in [6.07, 6.45) is -0.628. The van der Waals surface area contributed by atoms with E-state index in [2.05, 4.69) is 0 Å². The van der Waals surface area contributed by atoms with Crippen molar-refractivity contribution < 1.29 is 19.1 Å². The van der Waals surface area contributed by atoms with Crippen LogP contribution in [-0.4, -0.2) is 40.2 Å². The Labute approximate surface area is 115 Å². The smallest absolute Gasteiger partial charge is 0.412 e. The molecule has 5 heteroatoms. The Morgan fingerprint density at radius 2 is 1.84 bits per heavy atom. The third-order valence-corrected chi connectivity index (χ3v) is 3.10. The van der Waals surface area contributed by atoms with Gasteiger partial charge in [0, 0.05) is 6.42 Å². The molecule has 0 N–H and O–H groups in total. The van der Waals surface area contributed by atoms with E-state index in [0.717, 1.165) is 0 Å². The Hall–Kier alpha value is -1.10. The molecule has 0 radical (unpaired) electrons. The fourth-order valence-corrected chi connectivity index (χ4v) is 2.32. The molecule has 0 aromatic carbocycles. The van der Waals surface area contributed by atoms with Gasteiger partial charge in [-0.2, -0.15) is 0 Å². The number of ether oxygens (including phenoxy) is 2. The Bertz CT molecular complexity index is 370. The lowest BCUT2D eigenvalue weighted by molar-refractivity contribution is -0.135. The molecule has 1 rings (SSSR count). The Kier molecular flexibility index (Phi) is 4.30. The fourth-order valence-electron chi connectivity index (χ4n) is 2.32. The number of ketones is 1. The number of nitrogens with zero attached hydrogens (tertiary/aromatic N) is 1. The summed E-state index contributed by atoms with van der Waals surface area (Å²) in [7, 11) is 0. The van der Waals surface area contributed by atoms with Crippen LogP contribution in [0.3, 0.4) is 0 Å². The van der Waals surface area contributed by atoms with Crippen molar-refractivity contribution in [3.63, 3.8) is 0 Å². The Morgan fingerprint density at radius 1 is 1.32 bits per heavy atom. The SMILES string of the molecule is CCC(=O)[C@@H]1OC(C)(C)N(C(=O)OC(C)(C)C)[C@H]1C. The van der Waals surface area contributed by atoms with E-state index in [4.69, 9.17) is 9.47 Å². The Morgan fingerprint density at radius 3 is 2.26 bits per heavy atom. The first kappa shape index (κ1) is 16.0. The van der Waals surface area contributed by atoms with Crippen molar-refractivity contribution in [1.29, 1.82) is 0 Å². The zero-order chi connectivity index (χ0) is 15.0. The molecule has 1 fully saturated rings. The van der Waals surface area contributed by atoms with Crippen LogP contribution in [0.25, 0.3) is 0 Å². The second-order valence-corrected chi connectivity index (χ2v) is 6.40. The zero-order valence-corrected chi connectivity index (χ0v) is 12.9. The molecule has 1 amide bonds. The molecular weight excluding hydrogens is 246 g/mol. The molecule has 1 aliphatic rings. The summed E-state index contributed by atoms with van der Waals surface area (Å²) in [5.41, 5.74) is -1.41. The van der Waals surface area contributed by atoms with E-state index in [1.165, 1.54) is 4.90 Å². The third kappa shape index (κ3) is 3.47. The van der Waals surface area contributed by atoms with Crippen molar-refractivity contribution in [3.05, 3.63) is 0 Å². The minimum absolute atomic E-state index is 0.00614. The summed E-state index contributed by atoms with van der Waals surface area (Å²) in [5, 5.41) is 0. The number of amides is 1. The summed E-state index contributed by atoms with van der Waals surface area (Å²) in [6.45, 7) is 12.6. The average Bonchev–Trinajstić information content (AvgIpc) is 2.45. The summed E-state index contributed by atoms with van der Waals surface area (Å²) in [4.78, 5) is 25.6. The molecule has 0 aliphatic carbocycles. The van der Waals surface area contributed by atoms with E-state index in [1.807, 2.05) is 27.7 Å². The predicted molar refractivity (Wildman–Crippen MR) is 71.8 cm³/mol. The molecule has 0 unspecified atom stereocenters. The molecule has 110 valence electrons. The first-order chi connectivity index (χ1) is 8.49. The van der Waals surface area contributed by atoms with Crippen LogP contribution in [0.15, 0.2) is 0 Å². The minimum Gasteiger partial charge on any atom is -0.444 e. The lowest BCUT2D eigenvalue weighted by atomic mass is 10.1. The molecule has 0 aromatic rings. The lowest BCUT2D eigenvalue weighted by Crippen LogP contribution is -2.49. The first-order valence-corrected chi connectivity index (χ1v) is 6.72. The Balaban J connectivity index is 2.94. The van der Waals surface area contributed by atoms with Gasteiger partial charge in [0.15, 0.2) is 5.78 Å². The molecule has 0 bridgehead atoms. The van der Waals surface area contributed by atoms with Gasteiger partial charge in [0.2, 0.25) is 0 Å². The second-order valence-electron chi connectivity index (χ2n) is 6.40. The molecule has 19 heavy (non-hydrogen) atoms. The van der Waals surface area contributed by atoms with Gasteiger partial charge in [0.05, 0.1) is 6.04 Å². The van der Waals surface area contributed by atoms with E-state index in [-0.39, 0.29) is 11.8 Å². The molecular formula is C14H25NO4. The maximum atomic E-state index is 12.3. The van der Waals surface area contributed by atoms with Gasteiger partial charge < -0.3 is 9.47 Å². The number of hydrogen-bond donors (Lipinski definition) is 0. The fraction of sp³-hybridized carbons (Fsp3) is 0.857. The van der Waals surface area contributed by atoms with Crippen molar-refractivity contribution in [2.45, 2.75) is 78.4 Å². The number of Topliss-reactive ketones (excluding diaryl/α,β-unsaturated/α-hetero) is 1. The summed E-state index contributed by atoms with van der Waals surface area (Å²) >= 11 is 0. The zero-order valence-electron chi connectivity index (χ0n) is 12.9. The van der Waals surface area contributed by atoms with E-state index in [1.54, 1.807) is 20.8 Å². The maximum absolute atomic E-state index is 12.3. The topological polar surface area (TPSA) is 55.8 Å². The molecule has 1 aliphatic heterocycles. The molecule has 0 spiro atoms. The highest BCUT2D eigenvalue weighted by Crippen LogP contribution is 2.34. The van der Waals surface area contributed by atoms with Gasteiger partial charge in [-0.15, -0.1) is 0 Å². The molecule has 5 nitrogen and oxygen atoms in total. The minimum atomic E-state index is -0.836. The second kappa shape index (κ2) is 5.12. The highest BCUT2D eigenvalue weighted by Gasteiger charge is 2.51. The quantitative estimate of drug-likeness (QED) is 0.775. The standard InChI is InChI=1S/C14H25NO4/c1-8-10(16)11-9(2)15(14(6,7)18-11)12(17)19-13(3,4)5/h9,11H,8H2,1-7H3/t9-,11+/m0/s1. The molecule has 0 saturated carbocycles. The van der Waals surface area contributed by atoms with Crippen LogP contribution in [0.2, 0.25) is 0 Å². The van der Waals surface area contributed by atoms with Gasteiger partial charge in [-0.05, 0) is 41.5 Å². The average molecular weight is 271 g/mol. The van der Waals surface area contributed by atoms with E-state index >= 15 is 0 Å². The molecule has 2 atom stereocenters. The largest absolute Gasteiger partial charge is 0.444 e. The maximum Gasteiger partial charge on any atom is 0.412 e. The van der Waals surface area contributed by atoms with Crippen molar-refractivity contribution in [2.24, 2.45) is 0 Å². The van der Waals surface area contributed by atoms with Gasteiger partial charge in [0.1, 0.15) is 17.4 Å². The predicted octanol–water partition coefficient (Wildman–Crippen LogP) is 2.73. The van der Waals surface area contributed by atoms with Crippen LogP contribution < -0.4 is 0 Å². The summed E-state index contributed by atoms with van der Waals surface area (Å²) in [5.74, 6) is 0.00614. The molecule has 0 aromatic heterocycles. The van der Waals surface area contributed by atoms with Crippen LogP contribution in [-0.2, 0) is 14.3 Å². The normalized spacial score (nSPS) is 26.4. The van der Waals surface area contributed by atoms with Crippen LogP contribution >= 0.6 is 0 Å². The molecule has 1 heterocycles. The third-order valence-electron chi connectivity index (χ3n) is 3.10. The van der Waals surface area contributed by atoms with Crippen molar-refractivity contribution in [2.75, 3.05) is 0 Å². The van der Waals surface area contributed by atoms with Gasteiger partial charge in [-0.1, -0.05) is 6.92 Å². The van der Waals surface area contributed by atoms with Crippen molar-refractivity contribution in [3.8, 4) is 0 Å². The van der Waals surface area contributed by atoms with Gasteiger partial charge in [-0.3, -0.25) is 9.69 Å². The van der Waals surface area contributed by atoms with Gasteiger partial charge >= 0.3 is 6.09 Å². The van der Waals surface area contributed by atoms with E-state index in [9.17, 15) is 9.59 Å². The summed E-state index contributed by atoms with van der Waals surface area (Å²) < 4.78 is 11.1. The van der Waals surface area contributed by atoms with E-state index in [0.29, 0.717) is 6.42 Å². The van der Waals surface area contributed by atoms with Crippen molar-refractivity contribution >= 4 is 11.9 Å². The highest BCUT2D eigenvalue weighted by molar-refractivity contribution is 5.85. The molecule has 1 saturated heterocycles. The lowest BCUT2D eigenvalue weighted by Gasteiger charge is -2.33. The van der Waals surface area contributed by atoms with Crippen LogP contribution in [0, 0.1) is 0 Å². The van der Waals surface area contributed by atoms with Crippen molar-refractivity contribution in [1.82, 2.24) is 4.90 Å². The number of hydrogen-bond acceptors (Lipinski definition) is 4. The van der Waals surface area contributed by atoms with Crippen LogP contribution in [0.1, 0.15) is 54.9 Å². The first-order valence-electron chi connectivity index (χ1n) is 6.72. The summed E-state index contributed by atoms with van der Waals surface area (Å²) in [6, 6.07) is -0.322.